The van der Waals surface area contributed by atoms with Crippen molar-refractivity contribution in [1.29, 1.82) is 0 Å². The molecule has 0 saturated carbocycles. The number of urea groups is 1. The van der Waals surface area contributed by atoms with Crippen molar-refractivity contribution in [2.75, 3.05) is 23.4 Å². The molecule has 0 spiro atoms. The number of aryl methyl sites for hydroxylation is 1. The Morgan fingerprint density at radius 3 is 2.86 bits per heavy atom. The van der Waals surface area contributed by atoms with Gasteiger partial charge in [-0.05, 0) is 41.9 Å². The van der Waals surface area contributed by atoms with Crippen LogP contribution in [0.5, 0.6) is 0 Å². The minimum atomic E-state index is -0.840. The number of carbonyl (C=O) groups excluding carboxylic acids is 1. The third-order valence-corrected chi connectivity index (χ3v) is 4.68. The first kappa shape index (κ1) is 15.7. The van der Waals surface area contributed by atoms with E-state index in [0.717, 1.165) is 17.7 Å². The molecule has 1 aliphatic heterocycles. The molecule has 1 aromatic rings. The van der Waals surface area contributed by atoms with E-state index in [1.165, 1.54) is 5.75 Å². The van der Waals surface area contributed by atoms with Crippen LogP contribution in [0.3, 0.4) is 0 Å². The predicted molar refractivity (Wildman–Crippen MR) is 84.9 cm³/mol. The Hall–Kier alpha value is -1.69. The number of para-hydroxylation sites is 1. The fraction of sp³-hybridized carbons (Fsp3) is 0.467. The summed E-state index contributed by atoms with van der Waals surface area (Å²) in [5.41, 5.74) is 1.52. The molecule has 0 aromatic heterocycles. The summed E-state index contributed by atoms with van der Waals surface area (Å²) in [6.45, 7) is 0.691. The molecule has 21 heavy (non-hydrogen) atoms. The first-order valence-electron chi connectivity index (χ1n) is 7.07. The van der Waals surface area contributed by atoms with Gasteiger partial charge in [0.05, 0.1) is 0 Å². The van der Waals surface area contributed by atoms with E-state index in [1.54, 1.807) is 6.07 Å². The average molecular weight is 308 g/mol. The zero-order valence-corrected chi connectivity index (χ0v) is 12.6. The van der Waals surface area contributed by atoms with Gasteiger partial charge in [-0.15, -0.1) is 0 Å². The van der Waals surface area contributed by atoms with Crippen LogP contribution in [0.2, 0.25) is 0 Å². The van der Waals surface area contributed by atoms with Crippen LogP contribution in [0, 0.1) is 5.92 Å². The van der Waals surface area contributed by atoms with E-state index in [4.69, 9.17) is 5.11 Å². The van der Waals surface area contributed by atoms with Crippen molar-refractivity contribution in [3.05, 3.63) is 29.8 Å². The average Bonchev–Trinajstić information content (AvgIpc) is 2.97. The number of rotatable bonds is 6. The zero-order chi connectivity index (χ0) is 15.1. The Morgan fingerprint density at radius 1 is 1.33 bits per heavy atom. The first-order chi connectivity index (χ1) is 10.1. The number of hydrogen-bond acceptors (Lipinski definition) is 3. The van der Waals surface area contributed by atoms with Crippen molar-refractivity contribution >= 4 is 29.4 Å². The molecule has 1 aliphatic rings. The van der Waals surface area contributed by atoms with Crippen molar-refractivity contribution in [3.8, 4) is 0 Å². The normalized spacial score (nSPS) is 17.4. The largest absolute Gasteiger partial charge is 0.481 e. The van der Waals surface area contributed by atoms with Gasteiger partial charge in [0.15, 0.2) is 0 Å². The van der Waals surface area contributed by atoms with Gasteiger partial charge in [0.25, 0.3) is 0 Å². The Labute approximate surface area is 128 Å². The number of carboxylic acids is 1. The maximum Gasteiger partial charge on any atom is 0.319 e. The molecule has 1 unspecified atom stereocenters. The van der Waals surface area contributed by atoms with Crippen molar-refractivity contribution < 1.29 is 14.7 Å². The minimum Gasteiger partial charge on any atom is -0.481 e. The van der Waals surface area contributed by atoms with E-state index in [-0.39, 0.29) is 12.5 Å². The highest BCUT2D eigenvalue weighted by Crippen LogP contribution is 2.22. The zero-order valence-electron chi connectivity index (χ0n) is 11.8. The Balaban J connectivity index is 1.85. The van der Waals surface area contributed by atoms with Crippen LogP contribution in [0.1, 0.15) is 18.4 Å². The summed E-state index contributed by atoms with van der Waals surface area (Å²) in [5.74, 6) is 2.00. The van der Waals surface area contributed by atoms with Gasteiger partial charge < -0.3 is 15.7 Å². The van der Waals surface area contributed by atoms with Gasteiger partial charge in [0.2, 0.25) is 0 Å². The van der Waals surface area contributed by atoms with E-state index < -0.39 is 5.97 Å². The lowest BCUT2D eigenvalue weighted by molar-refractivity contribution is -0.136. The number of nitrogens with one attached hydrogen (secondary N) is 2. The van der Waals surface area contributed by atoms with E-state index in [9.17, 15) is 9.59 Å². The van der Waals surface area contributed by atoms with Crippen LogP contribution in [0.4, 0.5) is 10.5 Å². The molecule has 2 amide bonds. The van der Waals surface area contributed by atoms with Crippen LogP contribution in [-0.2, 0) is 11.2 Å². The molecule has 3 N–H and O–H groups in total. The van der Waals surface area contributed by atoms with Gasteiger partial charge in [0, 0.05) is 18.7 Å². The molecule has 1 saturated heterocycles. The van der Waals surface area contributed by atoms with Gasteiger partial charge in [0.1, 0.15) is 0 Å². The number of hydrogen-bond donors (Lipinski definition) is 3. The van der Waals surface area contributed by atoms with E-state index in [0.29, 0.717) is 24.6 Å². The van der Waals surface area contributed by atoms with Gasteiger partial charge in [-0.1, -0.05) is 18.2 Å². The molecule has 6 heteroatoms. The summed E-state index contributed by atoms with van der Waals surface area (Å²) in [4.78, 5) is 22.6. The van der Waals surface area contributed by atoms with Crippen LogP contribution in [0.25, 0.3) is 0 Å². The van der Waals surface area contributed by atoms with Crippen molar-refractivity contribution in [2.45, 2.75) is 19.3 Å². The first-order valence-corrected chi connectivity index (χ1v) is 8.23. The number of thioether (sulfide) groups is 1. The quantitative estimate of drug-likeness (QED) is 0.755. The van der Waals surface area contributed by atoms with Crippen molar-refractivity contribution in [1.82, 2.24) is 5.32 Å². The van der Waals surface area contributed by atoms with Crippen LogP contribution in [-0.4, -0.2) is 35.2 Å². The number of carbonyl (C=O) groups is 2. The fourth-order valence-electron chi connectivity index (χ4n) is 2.25. The lowest BCUT2D eigenvalue weighted by Gasteiger charge is -2.13. The molecular weight excluding hydrogens is 288 g/mol. The number of anilines is 1. The Morgan fingerprint density at radius 2 is 2.14 bits per heavy atom. The molecule has 0 bridgehead atoms. The summed E-state index contributed by atoms with van der Waals surface area (Å²) in [5, 5.41) is 14.4. The molecule has 1 heterocycles. The highest BCUT2D eigenvalue weighted by atomic mass is 32.2. The molecule has 1 atom stereocenters. The Bertz CT molecular complexity index is 501. The van der Waals surface area contributed by atoms with Gasteiger partial charge in [-0.3, -0.25) is 4.79 Å². The smallest absolute Gasteiger partial charge is 0.319 e. The number of carboxylic acid groups (broad SMARTS) is 1. The fourth-order valence-corrected chi connectivity index (χ4v) is 3.53. The lowest BCUT2D eigenvalue weighted by Crippen LogP contribution is -2.33. The summed E-state index contributed by atoms with van der Waals surface area (Å²) in [6, 6.07) is 7.08. The number of aliphatic carboxylic acids is 1. The maximum atomic E-state index is 11.9. The molecule has 1 aromatic carbocycles. The summed E-state index contributed by atoms with van der Waals surface area (Å²) in [7, 11) is 0. The molecule has 1 fully saturated rings. The van der Waals surface area contributed by atoms with Crippen molar-refractivity contribution in [2.24, 2.45) is 5.92 Å². The second-order valence-electron chi connectivity index (χ2n) is 5.12. The highest BCUT2D eigenvalue weighted by Gasteiger charge is 2.16. The van der Waals surface area contributed by atoms with Gasteiger partial charge in [-0.25, -0.2) is 4.79 Å². The summed E-state index contributed by atoms with van der Waals surface area (Å²) in [6.07, 6.45) is 1.62. The molecule has 0 radical (unpaired) electrons. The molecule has 2 rings (SSSR count). The highest BCUT2D eigenvalue weighted by molar-refractivity contribution is 7.99. The van der Waals surface area contributed by atoms with Crippen molar-refractivity contribution in [3.63, 3.8) is 0 Å². The summed E-state index contributed by atoms with van der Waals surface area (Å²) >= 11 is 1.92. The predicted octanol–water partition coefficient (Wildman–Crippen LogP) is 2.58. The second-order valence-corrected chi connectivity index (χ2v) is 6.27. The summed E-state index contributed by atoms with van der Waals surface area (Å²) < 4.78 is 0. The van der Waals surface area contributed by atoms with Gasteiger partial charge >= 0.3 is 12.0 Å². The number of amides is 2. The lowest BCUT2D eigenvalue weighted by atomic mass is 10.1. The van der Waals surface area contributed by atoms with E-state index in [2.05, 4.69) is 10.6 Å². The molecule has 114 valence electrons. The minimum absolute atomic E-state index is 0.0552. The standard InChI is InChI=1S/C15H20N2O3S/c18-14(19)6-5-12-3-1-2-4-13(12)17-15(20)16-9-11-7-8-21-10-11/h1-4,11H,5-10H2,(H,18,19)(H2,16,17,20). The Kier molecular flexibility index (Phi) is 5.92. The monoisotopic (exact) mass is 308 g/mol. The SMILES string of the molecule is O=C(O)CCc1ccccc1NC(=O)NCC1CCSC1. The van der Waals surface area contributed by atoms with Crippen LogP contribution < -0.4 is 10.6 Å². The molecule has 5 nitrogen and oxygen atoms in total. The second kappa shape index (κ2) is 7.93. The van der Waals surface area contributed by atoms with Gasteiger partial charge in [-0.2, -0.15) is 11.8 Å². The maximum absolute atomic E-state index is 11.9. The third kappa shape index (κ3) is 5.30. The molecular formula is C15H20N2O3S. The van der Waals surface area contributed by atoms with Crippen LogP contribution in [0.15, 0.2) is 24.3 Å². The van der Waals surface area contributed by atoms with E-state index >= 15 is 0 Å². The van der Waals surface area contributed by atoms with Crippen LogP contribution >= 0.6 is 11.8 Å². The topological polar surface area (TPSA) is 78.4 Å². The van der Waals surface area contributed by atoms with E-state index in [1.807, 2.05) is 30.0 Å². The number of benzene rings is 1. The third-order valence-electron chi connectivity index (χ3n) is 3.45. The molecule has 0 aliphatic carbocycles.